The standard InChI is InChI=1S/C18H26N4O2/c1-4-13(2)17(23)12-19-18(24)21-14(3)15-8-5-6-9-16(15)22-11-7-10-20-22/h5-11,13-14,17,23H,4,12H2,1-3H3,(H2,19,21,24). The molecule has 3 unspecified atom stereocenters. The second-order valence-corrected chi connectivity index (χ2v) is 6.04. The Bertz CT molecular complexity index is 642. The van der Waals surface area contributed by atoms with E-state index in [4.69, 9.17) is 0 Å². The first-order valence-electron chi connectivity index (χ1n) is 8.34. The van der Waals surface area contributed by atoms with E-state index in [1.54, 1.807) is 10.9 Å². The van der Waals surface area contributed by atoms with Crippen LogP contribution in [0.5, 0.6) is 0 Å². The molecule has 0 aliphatic heterocycles. The molecule has 0 radical (unpaired) electrons. The zero-order chi connectivity index (χ0) is 17.5. The second-order valence-electron chi connectivity index (χ2n) is 6.04. The van der Waals surface area contributed by atoms with Crippen LogP contribution in [0.25, 0.3) is 5.69 Å². The quantitative estimate of drug-likeness (QED) is 0.730. The van der Waals surface area contributed by atoms with E-state index in [2.05, 4.69) is 15.7 Å². The first kappa shape index (κ1) is 18.0. The van der Waals surface area contributed by atoms with Crippen molar-refractivity contribution < 1.29 is 9.90 Å². The van der Waals surface area contributed by atoms with Gasteiger partial charge in [0, 0.05) is 18.9 Å². The number of aliphatic hydroxyl groups excluding tert-OH is 1. The van der Waals surface area contributed by atoms with Crippen LogP contribution in [-0.4, -0.2) is 33.6 Å². The van der Waals surface area contributed by atoms with Crippen molar-refractivity contribution >= 4 is 6.03 Å². The van der Waals surface area contributed by atoms with Gasteiger partial charge in [0.2, 0.25) is 0 Å². The van der Waals surface area contributed by atoms with Crippen LogP contribution in [0.3, 0.4) is 0 Å². The van der Waals surface area contributed by atoms with Gasteiger partial charge in [-0.3, -0.25) is 0 Å². The number of aliphatic hydroxyl groups is 1. The molecule has 0 saturated heterocycles. The predicted molar refractivity (Wildman–Crippen MR) is 94.0 cm³/mol. The fraction of sp³-hybridized carbons (Fsp3) is 0.444. The van der Waals surface area contributed by atoms with E-state index in [-0.39, 0.29) is 24.5 Å². The Hall–Kier alpha value is -2.34. The highest BCUT2D eigenvalue weighted by atomic mass is 16.3. The average molecular weight is 330 g/mol. The van der Waals surface area contributed by atoms with Crippen LogP contribution in [0.1, 0.15) is 38.8 Å². The summed E-state index contributed by atoms with van der Waals surface area (Å²) in [6.45, 7) is 6.15. The Balaban J connectivity index is 1.98. The Kier molecular flexibility index (Phi) is 6.37. The SMILES string of the molecule is CCC(C)C(O)CNC(=O)NC(C)c1ccccc1-n1cccn1. The normalized spacial score (nSPS) is 14.7. The number of amides is 2. The summed E-state index contributed by atoms with van der Waals surface area (Å²) in [5, 5.41) is 19.8. The number of nitrogens with one attached hydrogen (secondary N) is 2. The minimum Gasteiger partial charge on any atom is -0.391 e. The zero-order valence-corrected chi connectivity index (χ0v) is 14.4. The van der Waals surface area contributed by atoms with Gasteiger partial charge >= 0.3 is 6.03 Å². The third kappa shape index (κ3) is 4.58. The largest absolute Gasteiger partial charge is 0.391 e. The summed E-state index contributed by atoms with van der Waals surface area (Å²) in [7, 11) is 0. The lowest BCUT2D eigenvalue weighted by Gasteiger charge is -2.21. The molecule has 3 N–H and O–H groups in total. The Morgan fingerprint density at radius 2 is 2.04 bits per heavy atom. The Morgan fingerprint density at radius 1 is 1.29 bits per heavy atom. The van der Waals surface area contributed by atoms with E-state index in [1.165, 1.54) is 0 Å². The lowest BCUT2D eigenvalue weighted by atomic mass is 10.0. The molecule has 1 aromatic heterocycles. The number of rotatable bonds is 7. The van der Waals surface area contributed by atoms with Crippen molar-refractivity contribution in [1.29, 1.82) is 0 Å². The molecular formula is C18H26N4O2. The van der Waals surface area contributed by atoms with Crippen molar-refractivity contribution in [3.8, 4) is 5.69 Å². The van der Waals surface area contributed by atoms with Crippen LogP contribution >= 0.6 is 0 Å². The third-order valence-corrected chi connectivity index (χ3v) is 4.27. The van der Waals surface area contributed by atoms with Gasteiger partial charge in [-0.25, -0.2) is 9.48 Å². The Labute approximate surface area is 142 Å². The summed E-state index contributed by atoms with van der Waals surface area (Å²) < 4.78 is 1.78. The van der Waals surface area contributed by atoms with Crippen LogP contribution in [0.4, 0.5) is 4.79 Å². The third-order valence-electron chi connectivity index (χ3n) is 4.27. The number of benzene rings is 1. The van der Waals surface area contributed by atoms with Crippen molar-refractivity contribution in [2.45, 2.75) is 39.3 Å². The first-order valence-corrected chi connectivity index (χ1v) is 8.34. The molecule has 2 amide bonds. The topological polar surface area (TPSA) is 79.2 Å². The van der Waals surface area contributed by atoms with Crippen LogP contribution in [-0.2, 0) is 0 Å². The van der Waals surface area contributed by atoms with E-state index in [0.717, 1.165) is 17.7 Å². The Morgan fingerprint density at radius 3 is 2.71 bits per heavy atom. The maximum atomic E-state index is 12.1. The molecule has 3 atom stereocenters. The van der Waals surface area contributed by atoms with Gasteiger partial charge < -0.3 is 15.7 Å². The van der Waals surface area contributed by atoms with Gasteiger partial charge in [-0.15, -0.1) is 0 Å². The molecule has 0 bridgehead atoms. The molecule has 6 nitrogen and oxygen atoms in total. The number of nitrogens with zero attached hydrogens (tertiary/aromatic N) is 2. The molecule has 2 aromatic rings. The van der Waals surface area contributed by atoms with E-state index < -0.39 is 6.10 Å². The van der Waals surface area contributed by atoms with E-state index in [0.29, 0.717) is 0 Å². The number of aromatic nitrogens is 2. The first-order chi connectivity index (χ1) is 11.5. The summed E-state index contributed by atoms with van der Waals surface area (Å²) in [6, 6.07) is 9.19. The molecular weight excluding hydrogens is 304 g/mol. The smallest absolute Gasteiger partial charge is 0.315 e. The molecule has 2 rings (SSSR count). The van der Waals surface area contributed by atoms with Crippen molar-refractivity contribution in [2.24, 2.45) is 5.92 Å². The number of urea groups is 1. The van der Waals surface area contributed by atoms with Crippen molar-refractivity contribution in [3.63, 3.8) is 0 Å². The summed E-state index contributed by atoms with van der Waals surface area (Å²) >= 11 is 0. The van der Waals surface area contributed by atoms with Crippen LogP contribution < -0.4 is 10.6 Å². The molecule has 0 spiro atoms. The van der Waals surface area contributed by atoms with Gasteiger partial charge in [0.05, 0.1) is 17.8 Å². The molecule has 0 fully saturated rings. The van der Waals surface area contributed by atoms with Crippen LogP contribution in [0.15, 0.2) is 42.7 Å². The minimum absolute atomic E-state index is 0.156. The number of carbonyl (C=O) groups excluding carboxylic acids is 1. The molecule has 6 heteroatoms. The minimum atomic E-state index is -0.535. The molecule has 0 aliphatic rings. The summed E-state index contributed by atoms with van der Waals surface area (Å²) in [5.74, 6) is 0.156. The van der Waals surface area contributed by atoms with Crippen molar-refractivity contribution in [1.82, 2.24) is 20.4 Å². The fourth-order valence-corrected chi connectivity index (χ4v) is 2.47. The van der Waals surface area contributed by atoms with Gasteiger partial charge in [0.1, 0.15) is 0 Å². The van der Waals surface area contributed by atoms with Gasteiger partial charge in [-0.1, -0.05) is 38.5 Å². The molecule has 1 aromatic carbocycles. The fourth-order valence-electron chi connectivity index (χ4n) is 2.47. The van der Waals surface area contributed by atoms with Crippen molar-refractivity contribution in [2.75, 3.05) is 6.54 Å². The maximum Gasteiger partial charge on any atom is 0.315 e. The van der Waals surface area contributed by atoms with Gasteiger partial charge in [-0.05, 0) is 30.5 Å². The van der Waals surface area contributed by atoms with Gasteiger partial charge in [0.25, 0.3) is 0 Å². The molecule has 0 aliphatic carbocycles. The summed E-state index contributed by atoms with van der Waals surface area (Å²) in [5.41, 5.74) is 1.90. The second kappa shape index (κ2) is 8.49. The predicted octanol–water partition coefficient (Wildman–Crippen LogP) is 2.64. The highest BCUT2D eigenvalue weighted by Crippen LogP contribution is 2.20. The average Bonchev–Trinajstić information content (AvgIpc) is 3.13. The van der Waals surface area contributed by atoms with E-state index in [9.17, 15) is 9.90 Å². The van der Waals surface area contributed by atoms with Crippen LogP contribution in [0.2, 0.25) is 0 Å². The number of carbonyl (C=O) groups is 1. The van der Waals surface area contributed by atoms with E-state index >= 15 is 0 Å². The summed E-state index contributed by atoms with van der Waals surface area (Å²) in [6.07, 6.45) is 3.93. The van der Waals surface area contributed by atoms with Gasteiger partial charge in [0.15, 0.2) is 0 Å². The molecule has 24 heavy (non-hydrogen) atoms. The lowest BCUT2D eigenvalue weighted by Crippen LogP contribution is -2.42. The van der Waals surface area contributed by atoms with Gasteiger partial charge in [-0.2, -0.15) is 5.10 Å². The maximum absolute atomic E-state index is 12.1. The number of para-hydroxylation sites is 1. The number of hydrogen-bond acceptors (Lipinski definition) is 3. The van der Waals surface area contributed by atoms with Crippen molar-refractivity contribution in [3.05, 3.63) is 48.3 Å². The van der Waals surface area contributed by atoms with Crippen LogP contribution in [0, 0.1) is 5.92 Å². The zero-order valence-electron chi connectivity index (χ0n) is 14.4. The summed E-state index contributed by atoms with van der Waals surface area (Å²) in [4.78, 5) is 12.1. The van der Waals surface area contributed by atoms with E-state index in [1.807, 2.05) is 57.3 Å². The molecule has 130 valence electrons. The molecule has 1 heterocycles. The highest BCUT2D eigenvalue weighted by Gasteiger charge is 2.16. The molecule has 0 saturated carbocycles. The number of hydrogen-bond donors (Lipinski definition) is 3. The highest BCUT2D eigenvalue weighted by molar-refractivity contribution is 5.74. The monoisotopic (exact) mass is 330 g/mol. The lowest BCUT2D eigenvalue weighted by molar-refractivity contribution is 0.114.